The van der Waals surface area contributed by atoms with Crippen LogP contribution in [0.3, 0.4) is 0 Å². The third-order valence-electron chi connectivity index (χ3n) is 1.73. The van der Waals surface area contributed by atoms with Gasteiger partial charge in [0.15, 0.2) is 0 Å². The monoisotopic (exact) mass is 375 g/mol. The summed E-state index contributed by atoms with van der Waals surface area (Å²) >= 11 is 0. The fourth-order valence-electron chi connectivity index (χ4n) is 0.981. The third-order valence-corrected chi connectivity index (χ3v) is 1.73. The number of hydrogen-bond acceptors (Lipinski definition) is 12. The van der Waals surface area contributed by atoms with Gasteiger partial charge in [0, 0.05) is 28.7 Å². The summed E-state index contributed by atoms with van der Waals surface area (Å²) in [6.07, 6.45) is 0. The molecule has 0 aliphatic rings. The summed E-state index contributed by atoms with van der Waals surface area (Å²) in [6.45, 7) is 0. The number of nitrogens with one attached hydrogen (secondary N) is 2. The number of hydrogen-bond donors (Lipinski definition) is 2. The van der Waals surface area contributed by atoms with E-state index in [9.17, 15) is 0 Å². The van der Waals surface area contributed by atoms with Crippen LogP contribution in [0, 0.1) is 0 Å². The fraction of sp³-hybridized carbons (Fsp3) is 0. The Hall–Kier alpha value is -1.20. The molecule has 0 aromatic carbocycles. The molecule has 23 heavy (non-hydrogen) atoms. The van der Waals surface area contributed by atoms with Crippen molar-refractivity contribution in [1.29, 1.82) is 0 Å². The molecule has 0 saturated carbocycles. The van der Waals surface area contributed by atoms with E-state index in [1.807, 2.05) is 0 Å². The molecule has 0 saturated heterocycles. The standard InChI is InChI=1S/C2H2N8.C2N8.Mn.2Na/c2*3-1(4-8-7-3)2-5-9-10-6-2;;;/h(H,3,4,7,8)(H,5,6,9,10);;;;/q;-2;;2*+1. The maximum absolute atomic E-state index is 3.63. The van der Waals surface area contributed by atoms with E-state index in [1.165, 1.54) is 0 Å². The fourth-order valence-corrected chi connectivity index (χ4v) is 0.981. The first kappa shape index (κ1) is 21.8. The van der Waals surface area contributed by atoms with Crippen LogP contribution in [0.2, 0.25) is 0 Å². The van der Waals surface area contributed by atoms with Crippen molar-refractivity contribution in [3.05, 3.63) is 0 Å². The van der Waals surface area contributed by atoms with Crippen molar-refractivity contribution in [2.45, 2.75) is 0 Å². The minimum Gasteiger partial charge on any atom is -0.330 e. The smallest absolute Gasteiger partial charge is 0.330 e. The van der Waals surface area contributed by atoms with Gasteiger partial charge in [-0.2, -0.15) is 20.9 Å². The van der Waals surface area contributed by atoms with Crippen molar-refractivity contribution in [3.8, 4) is 23.3 Å². The number of H-pyrrole nitrogens is 2. The quantitative estimate of drug-likeness (QED) is 0.311. The molecule has 4 aromatic rings. The van der Waals surface area contributed by atoms with Gasteiger partial charge >= 0.3 is 59.1 Å². The van der Waals surface area contributed by atoms with Crippen LogP contribution in [0.15, 0.2) is 0 Å². The van der Waals surface area contributed by atoms with Gasteiger partial charge < -0.3 is 10.2 Å². The number of nitrogens with zero attached hydrogens (tertiary/aromatic N) is 14. The van der Waals surface area contributed by atoms with Crippen molar-refractivity contribution < 1.29 is 76.2 Å². The summed E-state index contributed by atoms with van der Waals surface area (Å²) in [4.78, 5) is 0. The SMILES string of the molecule is [Mn].[Na+].[Na+].n1n[n-]c(-c2nnn[n-]2)n1.n1nc(-c2nn[nH]n2)n[nH]1. The first-order valence-corrected chi connectivity index (χ1v) is 4.78. The van der Waals surface area contributed by atoms with E-state index < -0.39 is 0 Å². The first-order chi connectivity index (χ1) is 9.93. The molecular formula is C4H2MnN16Na2. The molecule has 0 spiro atoms. The molecule has 0 fully saturated rings. The Bertz CT molecular complexity index is 573. The second kappa shape index (κ2) is 11.4. The van der Waals surface area contributed by atoms with E-state index >= 15 is 0 Å². The molecule has 0 atom stereocenters. The predicted octanol–water partition coefficient (Wildman–Crippen LogP) is -9.98. The number of rotatable bonds is 2. The van der Waals surface area contributed by atoms with Crippen molar-refractivity contribution in [2.24, 2.45) is 0 Å². The number of aromatic nitrogens is 16. The summed E-state index contributed by atoms with van der Waals surface area (Å²) in [5.41, 5.74) is 0. The average molecular weight is 375 g/mol. The second-order valence-corrected chi connectivity index (χ2v) is 2.88. The molecule has 16 nitrogen and oxygen atoms in total. The molecule has 4 rings (SSSR count). The normalized spacial score (nSPS) is 8.70. The van der Waals surface area contributed by atoms with Gasteiger partial charge in [0.1, 0.15) is 0 Å². The molecule has 4 heterocycles. The second-order valence-electron chi connectivity index (χ2n) is 2.88. The third kappa shape index (κ3) is 6.07. The Morgan fingerprint density at radius 2 is 1.09 bits per heavy atom. The van der Waals surface area contributed by atoms with Crippen molar-refractivity contribution in [1.82, 2.24) is 82.5 Å². The number of tetrazole rings is 4. The maximum Gasteiger partial charge on any atom is 1.00 e. The van der Waals surface area contributed by atoms with Crippen LogP contribution >= 0.6 is 0 Å². The molecule has 19 heteroatoms. The summed E-state index contributed by atoms with van der Waals surface area (Å²) in [7, 11) is 0. The van der Waals surface area contributed by atoms with E-state index in [-0.39, 0.29) is 87.8 Å². The van der Waals surface area contributed by atoms with Gasteiger partial charge in [0.05, 0.1) is 0 Å². The molecule has 4 aromatic heterocycles. The minimum absolute atomic E-state index is 0. The van der Waals surface area contributed by atoms with E-state index in [0.717, 1.165) is 0 Å². The zero-order chi connectivity index (χ0) is 13.6. The molecule has 1 radical (unpaired) electrons. The minimum atomic E-state index is 0. The van der Waals surface area contributed by atoms with Crippen molar-refractivity contribution >= 4 is 0 Å². The van der Waals surface area contributed by atoms with Gasteiger partial charge in [0.25, 0.3) is 0 Å². The van der Waals surface area contributed by atoms with Crippen molar-refractivity contribution in [2.75, 3.05) is 0 Å². The Morgan fingerprint density at radius 1 is 0.652 bits per heavy atom. The van der Waals surface area contributed by atoms with Gasteiger partial charge in [-0.1, -0.05) is 0 Å². The zero-order valence-corrected chi connectivity index (χ0v) is 16.8. The van der Waals surface area contributed by atoms with Crippen LogP contribution in [0.25, 0.3) is 23.3 Å². The van der Waals surface area contributed by atoms with Crippen molar-refractivity contribution in [3.63, 3.8) is 0 Å². The van der Waals surface area contributed by atoms with Gasteiger partial charge in [-0.25, -0.2) is 0 Å². The Balaban J connectivity index is 0.000000372. The van der Waals surface area contributed by atoms with Gasteiger partial charge in [-0.3, -0.25) is 20.6 Å². The van der Waals surface area contributed by atoms with E-state index in [4.69, 9.17) is 0 Å². The molecule has 2 N–H and O–H groups in total. The molecular weight excluding hydrogens is 373 g/mol. The van der Waals surface area contributed by atoms with E-state index in [2.05, 4.69) is 82.5 Å². The van der Waals surface area contributed by atoms with Gasteiger partial charge in [-0.05, 0) is 10.4 Å². The molecule has 107 valence electrons. The van der Waals surface area contributed by atoms with Crippen LogP contribution in [0.1, 0.15) is 0 Å². The Labute approximate surface area is 180 Å². The Kier molecular flexibility index (Phi) is 10.8. The topological polar surface area (TPSA) is 214 Å². The molecule has 0 aliphatic carbocycles. The molecule has 0 amide bonds. The summed E-state index contributed by atoms with van der Waals surface area (Å²) in [6, 6.07) is 0. The van der Waals surface area contributed by atoms with Crippen LogP contribution < -0.4 is 69.3 Å². The van der Waals surface area contributed by atoms with E-state index in [1.54, 1.807) is 0 Å². The van der Waals surface area contributed by atoms with Crippen LogP contribution in [-0.4, -0.2) is 72.3 Å². The van der Waals surface area contributed by atoms with Crippen LogP contribution in [0.5, 0.6) is 0 Å². The summed E-state index contributed by atoms with van der Waals surface area (Å²) in [5.74, 6) is 1.14. The van der Waals surface area contributed by atoms with Gasteiger partial charge in [0.2, 0.25) is 11.6 Å². The Morgan fingerprint density at radius 3 is 1.35 bits per heavy atom. The summed E-state index contributed by atoms with van der Waals surface area (Å²) in [5, 5.41) is 52.5. The first-order valence-electron chi connectivity index (χ1n) is 4.78. The maximum atomic E-state index is 3.63. The van der Waals surface area contributed by atoms with Crippen LogP contribution in [0.4, 0.5) is 0 Å². The molecule has 0 bridgehead atoms. The van der Waals surface area contributed by atoms with E-state index in [0.29, 0.717) is 11.6 Å². The predicted molar refractivity (Wildman–Crippen MR) is 52.6 cm³/mol. The molecule has 0 aliphatic heterocycles. The molecule has 0 unspecified atom stereocenters. The largest absolute Gasteiger partial charge is 1.00 e. The van der Waals surface area contributed by atoms with Gasteiger partial charge in [-0.15, -0.1) is 20.4 Å². The number of aromatic amines is 2. The van der Waals surface area contributed by atoms with Crippen LogP contribution in [-0.2, 0) is 17.1 Å². The summed E-state index contributed by atoms with van der Waals surface area (Å²) < 4.78 is 0. The average Bonchev–Trinajstić information content (AvgIpc) is 3.29. The zero-order valence-electron chi connectivity index (χ0n) is 11.6.